The van der Waals surface area contributed by atoms with E-state index in [1.807, 2.05) is 18.2 Å². The molecule has 0 aliphatic carbocycles. The highest BCUT2D eigenvalue weighted by Crippen LogP contribution is 2.32. The fourth-order valence-electron chi connectivity index (χ4n) is 2.75. The monoisotopic (exact) mass is 317 g/mol. The first-order valence-corrected chi connectivity index (χ1v) is 7.50. The minimum atomic E-state index is 0.201. The first-order valence-electron chi connectivity index (χ1n) is 7.50. The molecule has 1 aliphatic rings. The number of carbonyl (C=O) groups excluding carboxylic acids is 1. The lowest BCUT2D eigenvalue weighted by molar-refractivity contribution is -0.119. The van der Waals surface area contributed by atoms with Gasteiger partial charge in [-0.1, -0.05) is 5.16 Å². The van der Waals surface area contributed by atoms with Gasteiger partial charge in [-0.3, -0.25) is 4.79 Å². The smallest absolute Gasteiger partial charge is 0.230 e. The van der Waals surface area contributed by atoms with Gasteiger partial charge in [0.2, 0.25) is 18.1 Å². The van der Waals surface area contributed by atoms with Crippen molar-refractivity contribution in [2.24, 2.45) is 0 Å². The molecule has 0 saturated carbocycles. The number of hydrogen-bond acceptors (Lipinski definition) is 6. The lowest BCUT2D eigenvalue weighted by atomic mass is 9.97. The van der Waals surface area contributed by atoms with E-state index in [1.165, 1.54) is 0 Å². The molecule has 1 saturated heterocycles. The number of amides is 1. The molecule has 0 N–H and O–H groups in total. The van der Waals surface area contributed by atoms with Crippen LogP contribution in [0.15, 0.2) is 22.7 Å². The molecule has 23 heavy (non-hydrogen) atoms. The molecule has 0 radical (unpaired) electrons. The van der Waals surface area contributed by atoms with Gasteiger partial charge in [0.15, 0.2) is 11.5 Å². The second kappa shape index (κ2) is 6.68. The molecule has 1 aliphatic heterocycles. The van der Waals surface area contributed by atoms with Gasteiger partial charge in [0.05, 0.1) is 14.2 Å². The SMILES string of the molecule is COc1ccc(-c2noc(C3CCN(C=O)CC3)n2)cc1OC. The molecular weight excluding hydrogens is 298 g/mol. The van der Waals surface area contributed by atoms with E-state index >= 15 is 0 Å². The average molecular weight is 317 g/mol. The minimum Gasteiger partial charge on any atom is -0.493 e. The summed E-state index contributed by atoms with van der Waals surface area (Å²) in [7, 11) is 3.18. The molecule has 0 bridgehead atoms. The Kier molecular flexibility index (Phi) is 4.45. The van der Waals surface area contributed by atoms with E-state index in [4.69, 9.17) is 14.0 Å². The van der Waals surface area contributed by atoms with Crippen molar-refractivity contribution in [2.45, 2.75) is 18.8 Å². The molecule has 1 aromatic carbocycles. The standard InChI is InChI=1S/C16H19N3O4/c1-21-13-4-3-12(9-14(13)22-2)15-17-16(23-18-15)11-5-7-19(10-20)8-6-11/h3-4,9-11H,5-8H2,1-2H3. The van der Waals surface area contributed by atoms with E-state index in [1.54, 1.807) is 19.1 Å². The van der Waals surface area contributed by atoms with Crippen molar-refractivity contribution in [3.8, 4) is 22.9 Å². The third-order valence-corrected chi connectivity index (χ3v) is 4.11. The fourth-order valence-corrected chi connectivity index (χ4v) is 2.75. The molecule has 0 atom stereocenters. The van der Waals surface area contributed by atoms with Gasteiger partial charge < -0.3 is 18.9 Å². The van der Waals surface area contributed by atoms with E-state index in [2.05, 4.69) is 10.1 Å². The lowest BCUT2D eigenvalue weighted by Gasteiger charge is -2.26. The zero-order valence-electron chi connectivity index (χ0n) is 13.2. The maximum absolute atomic E-state index is 10.8. The Morgan fingerprint density at radius 3 is 2.61 bits per heavy atom. The van der Waals surface area contributed by atoms with Gasteiger partial charge in [0, 0.05) is 24.6 Å². The second-order valence-corrected chi connectivity index (χ2v) is 5.44. The van der Waals surface area contributed by atoms with Crippen molar-refractivity contribution in [3.63, 3.8) is 0 Å². The number of likely N-dealkylation sites (tertiary alicyclic amines) is 1. The van der Waals surface area contributed by atoms with Crippen LogP contribution in [0, 0.1) is 0 Å². The van der Waals surface area contributed by atoms with Crippen molar-refractivity contribution >= 4 is 6.41 Å². The second-order valence-electron chi connectivity index (χ2n) is 5.44. The number of hydrogen-bond donors (Lipinski definition) is 0. The summed E-state index contributed by atoms with van der Waals surface area (Å²) in [5.41, 5.74) is 0.808. The van der Waals surface area contributed by atoms with Crippen LogP contribution >= 0.6 is 0 Å². The predicted octanol–water partition coefficient (Wildman–Crippen LogP) is 2.09. The summed E-state index contributed by atoms with van der Waals surface area (Å²) in [4.78, 5) is 17.0. The van der Waals surface area contributed by atoms with Gasteiger partial charge in [-0.15, -0.1) is 0 Å². The van der Waals surface area contributed by atoms with Crippen LogP contribution in [-0.2, 0) is 4.79 Å². The zero-order valence-corrected chi connectivity index (χ0v) is 13.2. The summed E-state index contributed by atoms with van der Waals surface area (Å²) in [6.45, 7) is 1.45. The molecule has 1 fully saturated rings. The van der Waals surface area contributed by atoms with Gasteiger partial charge in [-0.2, -0.15) is 4.98 Å². The molecule has 2 aromatic rings. The number of benzene rings is 1. The number of ether oxygens (including phenoxy) is 2. The molecule has 1 aromatic heterocycles. The maximum Gasteiger partial charge on any atom is 0.230 e. The van der Waals surface area contributed by atoms with Gasteiger partial charge in [0.25, 0.3) is 0 Å². The molecule has 3 rings (SSSR count). The highest BCUT2D eigenvalue weighted by atomic mass is 16.5. The van der Waals surface area contributed by atoms with Crippen molar-refractivity contribution in [3.05, 3.63) is 24.1 Å². The Morgan fingerprint density at radius 1 is 1.22 bits per heavy atom. The number of nitrogens with zero attached hydrogens (tertiary/aromatic N) is 3. The molecule has 7 heteroatoms. The predicted molar refractivity (Wildman–Crippen MR) is 82.5 cm³/mol. The number of rotatable bonds is 5. The van der Waals surface area contributed by atoms with Crippen molar-refractivity contribution in [1.29, 1.82) is 0 Å². The summed E-state index contributed by atoms with van der Waals surface area (Å²) in [5.74, 6) is 2.63. The Bertz CT molecular complexity index is 678. The first-order chi connectivity index (χ1) is 11.2. The molecule has 0 spiro atoms. The minimum absolute atomic E-state index is 0.201. The number of piperidine rings is 1. The fraction of sp³-hybridized carbons (Fsp3) is 0.438. The van der Waals surface area contributed by atoms with Crippen LogP contribution in [0.1, 0.15) is 24.7 Å². The van der Waals surface area contributed by atoms with Crippen molar-refractivity contribution in [1.82, 2.24) is 15.0 Å². The summed E-state index contributed by atoms with van der Waals surface area (Å²) >= 11 is 0. The molecule has 2 heterocycles. The number of aromatic nitrogens is 2. The topological polar surface area (TPSA) is 77.7 Å². The van der Waals surface area contributed by atoms with Crippen LogP contribution in [0.25, 0.3) is 11.4 Å². The highest BCUT2D eigenvalue weighted by molar-refractivity contribution is 5.60. The van der Waals surface area contributed by atoms with E-state index < -0.39 is 0 Å². The van der Waals surface area contributed by atoms with E-state index in [0.717, 1.165) is 37.9 Å². The maximum atomic E-state index is 10.8. The van der Waals surface area contributed by atoms with Crippen LogP contribution < -0.4 is 9.47 Å². The summed E-state index contributed by atoms with van der Waals surface area (Å²) < 4.78 is 15.9. The summed E-state index contributed by atoms with van der Waals surface area (Å²) in [6, 6.07) is 5.50. The van der Waals surface area contributed by atoms with Gasteiger partial charge in [-0.05, 0) is 31.0 Å². The van der Waals surface area contributed by atoms with E-state index in [9.17, 15) is 4.79 Å². The summed E-state index contributed by atoms with van der Waals surface area (Å²) in [5, 5.41) is 4.07. The molecule has 1 amide bonds. The Balaban J connectivity index is 1.78. The molecule has 7 nitrogen and oxygen atoms in total. The van der Waals surface area contributed by atoms with Crippen LogP contribution in [0.3, 0.4) is 0 Å². The van der Waals surface area contributed by atoms with Gasteiger partial charge in [0.1, 0.15) is 0 Å². The van der Waals surface area contributed by atoms with Crippen molar-refractivity contribution in [2.75, 3.05) is 27.3 Å². The Hall–Kier alpha value is -2.57. The first kappa shape index (κ1) is 15.3. The molecular formula is C16H19N3O4. The average Bonchev–Trinajstić information content (AvgIpc) is 3.11. The van der Waals surface area contributed by atoms with Crippen molar-refractivity contribution < 1.29 is 18.8 Å². The number of methoxy groups -OCH3 is 2. The lowest BCUT2D eigenvalue weighted by Crippen LogP contribution is -2.31. The molecule has 0 unspecified atom stereocenters. The quantitative estimate of drug-likeness (QED) is 0.786. The molecule has 122 valence electrons. The third kappa shape index (κ3) is 3.13. The van der Waals surface area contributed by atoms with Gasteiger partial charge in [-0.25, -0.2) is 0 Å². The summed E-state index contributed by atoms with van der Waals surface area (Å²) in [6.07, 6.45) is 2.57. The Morgan fingerprint density at radius 2 is 1.96 bits per heavy atom. The van der Waals surface area contributed by atoms with Crippen LogP contribution in [0.5, 0.6) is 11.5 Å². The Labute approximate surface area is 134 Å². The van der Waals surface area contributed by atoms with Crippen LogP contribution in [-0.4, -0.2) is 48.8 Å². The zero-order chi connectivity index (χ0) is 16.2. The largest absolute Gasteiger partial charge is 0.493 e. The van der Waals surface area contributed by atoms with E-state index in [-0.39, 0.29) is 5.92 Å². The van der Waals surface area contributed by atoms with Gasteiger partial charge >= 0.3 is 0 Å². The number of carbonyl (C=O) groups is 1. The van der Waals surface area contributed by atoms with Crippen LogP contribution in [0.2, 0.25) is 0 Å². The van der Waals surface area contributed by atoms with E-state index in [0.29, 0.717) is 23.2 Å². The van der Waals surface area contributed by atoms with Crippen LogP contribution in [0.4, 0.5) is 0 Å². The normalized spacial score (nSPS) is 15.5. The highest BCUT2D eigenvalue weighted by Gasteiger charge is 2.25. The third-order valence-electron chi connectivity index (χ3n) is 4.11.